The first-order valence-electron chi connectivity index (χ1n) is 8.89. The standard InChI is InChI=1S/C20H20N4O3/c1-26-18-3-2-17(27-18)20(25)24-10-6-15(7-11-24)19-16(12-22-13-23-19)14-4-8-21-9-5-14/h2-5,8-9,12-13,15H,6-7,10-11H2,1H3. The highest BCUT2D eigenvalue weighted by molar-refractivity contribution is 5.91. The van der Waals surface area contributed by atoms with Gasteiger partial charge in [-0.15, -0.1) is 0 Å². The summed E-state index contributed by atoms with van der Waals surface area (Å²) >= 11 is 0. The first-order valence-corrected chi connectivity index (χ1v) is 8.89. The first kappa shape index (κ1) is 17.2. The van der Waals surface area contributed by atoms with Crippen LogP contribution in [0.25, 0.3) is 11.1 Å². The summed E-state index contributed by atoms with van der Waals surface area (Å²) < 4.78 is 10.4. The summed E-state index contributed by atoms with van der Waals surface area (Å²) in [7, 11) is 1.51. The molecule has 0 saturated carbocycles. The average Bonchev–Trinajstić information content (AvgIpc) is 3.23. The van der Waals surface area contributed by atoms with Crippen LogP contribution in [0.3, 0.4) is 0 Å². The lowest BCUT2D eigenvalue weighted by molar-refractivity contribution is 0.0674. The fourth-order valence-electron chi connectivity index (χ4n) is 3.47. The van der Waals surface area contributed by atoms with Gasteiger partial charge in [0.05, 0.1) is 12.8 Å². The number of methoxy groups -OCH3 is 1. The number of nitrogens with zero attached hydrogens (tertiary/aromatic N) is 4. The highest BCUT2D eigenvalue weighted by Crippen LogP contribution is 2.33. The lowest BCUT2D eigenvalue weighted by Gasteiger charge is -2.31. The largest absolute Gasteiger partial charge is 0.468 e. The van der Waals surface area contributed by atoms with Gasteiger partial charge in [0.2, 0.25) is 0 Å². The first-order chi connectivity index (χ1) is 13.3. The van der Waals surface area contributed by atoms with Gasteiger partial charge >= 0.3 is 0 Å². The second-order valence-corrected chi connectivity index (χ2v) is 6.45. The van der Waals surface area contributed by atoms with Crippen molar-refractivity contribution in [2.24, 2.45) is 0 Å². The van der Waals surface area contributed by atoms with Crippen LogP contribution in [0, 0.1) is 0 Å². The Labute approximate surface area is 157 Å². The fraction of sp³-hybridized carbons (Fsp3) is 0.300. The van der Waals surface area contributed by atoms with Gasteiger partial charge in [0, 0.05) is 49.2 Å². The predicted molar refractivity (Wildman–Crippen MR) is 98.4 cm³/mol. The Bertz CT molecular complexity index is 918. The normalized spacial score (nSPS) is 14.9. The molecule has 0 N–H and O–H groups in total. The quantitative estimate of drug-likeness (QED) is 0.707. The number of carbonyl (C=O) groups is 1. The summed E-state index contributed by atoms with van der Waals surface area (Å²) in [6.07, 6.45) is 8.67. The third-order valence-corrected chi connectivity index (χ3v) is 4.90. The minimum absolute atomic E-state index is 0.103. The number of furan rings is 1. The second-order valence-electron chi connectivity index (χ2n) is 6.45. The van der Waals surface area contributed by atoms with Crippen LogP contribution < -0.4 is 4.74 Å². The van der Waals surface area contributed by atoms with Crippen molar-refractivity contribution >= 4 is 5.91 Å². The van der Waals surface area contributed by atoms with Crippen molar-refractivity contribution in [2.45, 2.75) is 18.8 Å². The van der Waals surface area contributed by atoms with Gasteiger partial charge in [-0.3, -0.25) is 9.78 Å². The summed E-state index contributed by atoms with van der Waals surface area (Å²) in [5.74, 6) is 0.834. The Morgan fingerprint density at radius 3 is 2.63 bits per heavy atom. The molecule has 7 heteroatoms. The van der Waals surface area contributed by atoms with Crippen molar-refractivity contribution < 1.29 is 13.9 Å². The maximum absolute atomic E-state index is 12.6. The van der Waals surface area contributed by atoms with Crippen LogP contribution in [-0.4, -0.2) is 46.0 Å². The minimum Gasteiger partial charge on any atom is -0.468 e. The van der Waals surface area contributed by atoms with E-state index in [9.17, 15) is 4.79 Å². The zero-order valence-corrected chi connectivity index (χ0v) is 15.0. The number of likely N-dealkylation sites (tertiary alicyclic amines) is 1. The molecule has 0 aromatic carbocycles. The Balaban J connectivity index is 1.48. The molecule has 0 spiro atoms. The van der Waals surface area contributed by atoms with Crippen molar-refractivity contribution in [2.75, 3.05) is 20.2 Å². The van der Waals surface area contributed by atoms with Crippen LogP contribution in [0.2, 0.25) is 0 Å². The van der Waals surface area contributed by atoms with Crippen molar-refractivity contribution in [3.05, 3.63) is 60.6 Å². The van der Waals surface area contributed by atoms with Crippen LogP contribution in [0.5, 0.6) is 5.95 Å². The van der Waals surface area contributed by atoms with E-state index in [1.165, 1.54) is 7.11 Å². The van der Waals surface area contributed by atoms with Gasteiger partial charge in [-0.05, 0) is 36.6 Å². The van der Waals surface area contributed by atoms with E-state index in [0.29, 0.717) is 24.8 Å². The highest BCUT2D eigenvalue weighted by Gasteiger charge is 2.28. The van der Waals surface area contributed by atoms with Crippen molar-refractivity contribution in [1.82, 2.24) is 19.9 Å². The predicted octanol–water partition coefficient (Wildman–Crippen LogP) is 3.16. The molecule has 7 nitrogen and oxygen atoms in total. The molecule has 1 amide bonds. The van der Waals surface area contributed by atoms with Gasteiger partial charge in [0.15, 0.2) is 5.76 Å². The number of rotatable bonds is 4. The summed E-state index contributed by atoms with van der Waals surface area (Å²) in [5.41, 5.74) is 3.12. The van der Waals surface area contributed by atoms with Crippen LogP contribution >= 0.6 is 0 Å². The molecule has 4 rings (SSSR count). The van der Waals surface area contributed by atoms with Gasteiger partial charge in [0.25, 0.3) is 11.9 Å². The van der Waals surface area contributed by atoms with E-state index in [4.69, 9.17) is 9.15 Å². The number of aromatic nitrogens is 3. The number of hydrogen-bond donors (Lipinski definition) is 0. The Hall–Kier alpha value is -3.22. The number of hydrogen-bond acceptors (Lipinski definition) is 6. The Kier molecular flexibility index (Phi) is 4.82. The van der Waals surface area contributed by atoms with E-state index in [-0.39, 0.29) is 11.8 Å². The van der Waals surface area contributed by atoms with E-state index < -0.39 is 0 Å². The number of piperidine rings is 1. The monoisotopic (exact) mass is 364 g/mol. The lowest BCUT2D eigenvalue weighted by Crippen LogP contribution is -2.38. The van der Waals surface area contributed by atoms with Gasteiger partial charge in [-0.1, -0.05) is 0 Å². The van der Waals surface area contributed by atoms with Crippen LogP contribution in [0.1, 0.15) is 35.0 Å². The average molecular weight is 364 g/mol. The molecule has 0 aliphatic carbocycles. The summed E-state index contributed by atoms with van der Waals surface area (Å²) in [6, 6.07) is 7.23. The van der Waals surface area contributed by atoms with Crippen molar-refractivity contribution in [1.29, 1.82) is 0 Å². The smallest absolute Gasteiger partial charge is 0.289 e. The third kappa shape index (κ3) is 3.53. The van der Waals surface area contributed by atoms with Gasteiger partial charge in [-0.2, -0.15) is 0 Å². The van der Waals surface area contributed by atoms with E-state index in [1.54, 1.807) is 30.9 Å². The molecule has 3 aromatic heterocycles. The molecule has 1 aliphatic rings. The molecule has 4 heterocycles. The summed E-state index contributed by atoms with van der Waals surface area (Å²) in [6.45, 7) is 1.32. The van der Waals surface area contributed by atoms with Crippen molar-refractivity contribution in [3.8, 4) is 17.1 Å². The molecule has 0 unspecified atom stereocenters. The molecule has 138 valence electrons. The van der Waals surface area contributed by atoms with Gasteiger partial charge < -0.3 is 14.1 Å². The third-order valence-electron chi connectivity index (χ3n) is 4.90. The van der Waals surface area contributed by atoms with Gasteiger partial charge in [0.1, 0.15) is 6.33 Å². The maximum Gasteiger partial charge on any atom is 0.289 e. The van der Waals surface area contributed by atoms with E-state index in [1.807, 2.05) is 23.2 Å². The molecule has 0 atom stereocenters. The van der Waals surface area contributed by atoms with Crippen LogP contribution in [0.15, 0.2) is 53.6 Å². The number of amides is 1. The Morgan fingerprint density at radius 1 is 1.15 bits per heavy atom. The molecule has 27 heavy (non-hydrogen) atoms. The number of carbonyl (C=O) groups excluding carboxylic acids is 1. The lowest BCUT2D eigenvalue weighted by atomic mass is 9.89. The number of ether oxygens (including phenoxy) is 1. The molecule has 1 saturated heterocycles. The van der Waals surface area contributed by atoms with E-state index in [2.05, 4.69) is 15.0 Å². The molecule has 1 aliphatic heterocycles. The zero-order chi connectivity index (χ0) is 18.6. The van der Waals surface area contributed by atoms with E-state index in [0.717, 1.165) is 29.7 Å². The summed E-state index contributed by atoms with van der Waals surface area (Å²) in [4.78, 5) is 27.2. The van der Waals surface area contributed by atoms with Crippen LogP contribution in [0.4, 0.5) is 0 Å². The molecular weight excluding hydrogens is 344 g/mol. The maximum atomic E-state index is 12.6. The SMILES string of the molecule is COc1ccc(C(=O)N2CCC(c3ncncc3-c3ccncc3)CC2)o1. The zero-order valence-electron chi connectivity index (χ0n) is 15.0. The van der Waals surface area contributed by atoms with E-state index >= 15 is 0 Å². The summed E-state index contributed by atoms with van der Waals surface area (Å²) in [5, 5.41) is 0. The van der Waals surface area contributed by atoms with Crippen molar-refractivity contribution in [3.63, 3.8) is 0 Å². The molecule has 0 radical (unpaired) electrons. The molecule has 1 fully saturated rings. The number of pyridine rings is 1. The second kappa shape index (κ2) is 7.57. The highest BCUT2D eigenvalue weighted by atomic mass is 16.6. The molecular formula is C20H20N4O3. The van der Waals surface area contributed by atoms with Crippen LogP contribution in [-0.2, 0) is 0 Å². The Morgan fingerprint density at radius 2 is 1.93 bits per heavy atom. The fourth-order valence-corrected chi connectivity index (χ4v) is 3.47. The topological polar surface area (TPSA) is 81.4 Å². The molecule has 3 aromatic rings. The minimum atomic E-state index is -0.103. The van der Waals surface area contributed by atoms with Gasteiger partial charge in [-0.25, -0.2) is 9.97 Å². The molecule has 0 bridgehead atoms.